The quantitative estimate of drug-likeness (QED) is 0.282. The van der Waals surface area contributed by atoms with Crippen LogP contribution in [0.4, 0.5) is 25.0 Å². The van der Waals surface area contributed by atoms with Crippen LogP contribution in [0.3, 0.4) is 0 Å². The predicted molar refractivity (Wildman–Crippen MR) is 182 cm³/mol. The van der Waals surface area contributed by atoms with E-state index in [-0.39, 0.29) is 31.5 Å². The zero-order chi connectivity index (χ0) is 33.9. The van der Waals surface area contributed by atoms with Crippen LogP contribution in [0.25, 0.3) is 10.9 Å². The molecule has 2 aliphatic heterocycles. The van der Waals surface area contributed by atoms with Crippen molar-refractivity contribution in [2.24, 2.45) is 0 Å². The fraction of sp³-hybridized carbons (Fsp3) is 0.353. The number of urea groups is 1. The van der Waals surface area contributed by atoms with Gasteiger partial charge < -0.3 is 30.0 Å². The largest absolute Gasteiger partial charge is 0.497 e. The highest BCUT2D eigenvalue weighted by molar-refractivity contribution is 6.03. The number of benzene rings is 3. The second kappa shape index (κ2) is 13.9. The maximum atomic E-state index is 14.5. The topological polar surface area (TPSA) is 121 Å². The molecule has 0 radical (unpaired) electrons. The van der Waals surface area contributed by atoms with Crippen LogP contribution >= 0.6 is 0 Å². The van der Waals surface area contributed by atoms with E-state index in [1.165, 1.54) is 66.3 Å². The van der Waals surface area contributed by atoms with E-state index in [4.69, 9.17) is 14.5 Å². The van der Waals surface area contributed by atoms with E-state index < -0.39 is 29.3 Å². The Hall–Kier alpha value is -5.24. The molecule has 0 saturated carbocycles. The van der Waals surface area contributed by atoms with Gasteiger partial charge in [0.05, 0.1) is 56.0 Å². The minimum Gasteiger partial charge on any atom is -0.497 e. The molecule has 1 unspecified atom stereocenters. The first kappa shape index (κ1) is 32.7. The average Bonchev–Trinajstić information content (AvgIpc) is 3.64. The number of ether oxygens (including phenoxy) is 2. The molecule has 3 aromatic carbocycles. The van der Waals surface area contributed by atoms with Crippen LogP contribution in [0.15, 0.2) is 65.5 Å². The number of nitrogens with one attached hydrogen (secondary N) is 2. The molecule has 256 valence electrons. The smallest absolute Gasteiger partial charge is 0.327 e. The third-order valence-corrected chi connectivity index (χ3v) is 8.77. The number of hydrogen-bond acceptors (Lipinski definition) is 8. The van der Waals surface area contributed by atoms with Crippen LogP contribution in [0, 0.1) is 11.6 Å². The first-order valence-corrected chi connectivity index (χ1v) is 15.8. The first-order valence-electron chi connectivity index (χ1n) is 15.8. The lowest BCUT2D eigenvalue weighted by atomic mass is 10.1. The molecule has 3 heterocycles. The number of hydrogen-bond donors (Lipinski definition) is 2. The van der Waals surface area contributed by atoms with Crippen molar-refractivity contribution in [1.82, 2.24) is 19.9 Å². The summed E-state index contributed by atoms with van der Waals surface area (Å²) in [7, 11) is 2.96. The Bertz CT molecular complexity index is 1880. The molecule has 2 aliphatic rings. The van der Waals surface area contributed by atoms with Gasteiger partial charge in [-0.05, 0) is 74.8 Å². The van der Waals surface area contributed by atoms with Gasteiger partial charge in [-0.1, -0.05) is 0 Å². The molecular formula is C34H41F2N7O5. The van der Waals surface area contributed by atoms with Crippen molar-refractivity contribution in [2.45, 2.75) is 31.8 Å². The second-order valence-corrected chi connectivity index (χ2v) is 11.7. The maximum absolute atomic E-state index is 14.5. The lowest BCUT2D eigenvalue weighted by Gasteiger charge is -2.39. The molecule has 6 rings (SSSR count). The number of nitrogens with zero attached hydrogens (tertiary/aromatic N) is 5. The Morgan fingerprint density at radius 3 is 2.40 bits per heavy atom. The van der Waals surface area contributed by atoms with Crippen molar-refractivity contribution >= 4 is 34.2 Å². The van der Waals surface area contributed by atoms with E-state index >= 15 is 0 Å². The van der Waals surface area contributed by atoms with Gasteiger partial charge in [0.2, 0.25) is 5.91 Å². The zero-order valence-electron chi connectivity index (χ0n) is 26.9. The van der Waals surface area contributed by atoms with Gasteiger partial charge in [0.1, 0.15) is 23.1 Å². The molecule has 2 atom stereocenters. The normalized spacial score (nSPS) is 16.9. The maximum Gasteiger partial charge on any atom is 0.327 e. The lowest BCUT2D eigenvalue weighted by molar-refractivity contribution is -0.133. The van der Waals surface area contributed by atoms with E-state index in [0.717, 1.165) is 19.4 Å². The van der Waals surface area contributed by atoms with Gasteiger partial charge >= 0.3 is 6.03 Å². The first-order chi connectivity index (χ1) is 23.2. The Morgan fingerprint density at radius 2 is 1.73 bits per heavy atom. The van der Waals surface area contributed by atoms with Gasteiger partial charge in [-0.25, -0.2) is 23.2 Å². The summed E-state index contributed by atoms with van der Waals surface area (Å²) < 4.78 is 40.6. The van der Waals surface area contributed by atoms with Crippen LogP contribution in [-0.4, -0.2) is 79.5 Å². The van der Waals surface area contributed by atoms with Gasteiger partial charge in [-0.3, -0.25) is 14.5 Å². The van der Waals surface area contributed by atoms with Crippen LogP contribution < -0.4 is 35.6 Å². The van der Waals surface area contributed by atoms with E-state index in [0.29, 0.717) is 49.1 Å². The Kier molecular flexibility index (Phi) is 9.44. The predicted octanol–water partition coefficient (Wildman–Crippen LogP) is 4.52. The summed E-state index contributed by atoms with van der Waals surface area (Å²) in [6, 6.07) is 12.2. The number of methoxy groups -OCH3 is 2. The molecular weight excluding hydrogens is 624 g/mol. The van der Waals surface area contributed by atoms with Crippen molar-refractivity contribution in [3.8, 4) is 11.5 Å². The second-order valence-electron chi connectivity index (χ2n) is 11.7. The Labute approximate surface area is 278 Å². The number of fused-ring (bicyclic) bond motifs is 1. The Morgan fingerprint density at radius 1 is 1.00 bits per heavy atom. The Balaban J connectivity index is 0.00000281. The third-order valence-electron chi connectivity index (χ3n) is 8.77. The highest BCUT2D eigenvalue weighted by Crippen LogP contribution is 2.37. The van der Waals surface area contributed by atoms with Crippen LogP contribution in [-0.2, 0) is 4.79 Å². The summed E-state index contributed by atoms with van der Waals surface area (Å²) in [5.41, 5.74) is 0.332. The average molecular weight is 666 g/mol. The van der Waals surface area contributed by atoms with E-state index in [1.54, 1.807) is 35.0 Å². The van der Waals surface area contributed by atoms with Crippen molar-refractivity contribution in [2.75, 3.05) is 62.2 Å². The van der Waals surface area contributed by atoms with Gasteiger partial charge in [0.25, 0.3) is 5.56 Å². The van der Waals surface area contributed by atoms with E-state index in [1.807, 2.05) is 0 Å². The van der Waals surface area contributed by atoms with Crippen molar-refractivity contribution < 1.29 is 30.7 Å². The molecule has 3 amide bonds. The van der Waals surface area contributed by atoms with Gasteiger partial charge in [-0.2, -0.15) is 0 Å². The zero-order valence-corrected chi connectivity index (χ0v) is 26.9. The molecule has 12 nitrogen and oxygen atoms in total. The molecule has 1 aromatic heterocycles. The molecule has 2 saturated heterocycles. The summed E-state index contributed by atoms with van der Waals surface area (Å²) in [5, 5.41) is 8.05. The van der Waals surface area contributed by atoms with Crippen molar-refractivity contribution in [1.29, 1.82) is 0 Å². The molecule has 48 heavy (non-hydrogen) atoms. The summed E-state index contributed by atoms with van der Waals surface area (Å²) in [6.45, 7) is 3.89. The number of carbonyl (C=O) groups excluding carboxylic acids is 2. The number of halogens is 2. The molecule has 2 N–H and O–H groups in total. The lowest BCUT2D eigenvalue weighted by Crippen LogP contribution is -2.58. The number of carbonyl (C=O) groups is 2. The fourth-order valence-electron chi connectivity index (χ4n) is 6.25. The van der Waals surface area contributed by atoms with Gasteiger partial charge in [0, 0.05) is 33.8 Å². The summed E-state index contributed by atoms with van der Waals surface area (Å²) in [6.07, 6.45) is 1.73. The molecule has 2 fully saturated rings. The molecule has 14 heteroatoms. The summed E-state index contributed by atoms with van der Waals surface area (Å²) >= 11 is 0. The summed E-state index contributed by atoms with van der Waals surface area (Å²) in [4.78, 5) is 49.5. The van der Waals surface area contributed by atoms with Crippen molar-refractivity contribution in [3.05, 3.63) is 88.5 Å². The van der Waals surface area contributed by atoms with E-state index in [2.05, 4.69) is 10.6 Å². The fourth-order valence-corrected chi connectivity index (χ4v) is 6.25. The van der Waals surface area contributed by atoms with Crippen molar-refractivity contribution in [3.63, 3.8) is 0 Å². The monoisotopic (exact) mass is 665 g/mol. The number of piperazine rings is 1. The van der Waals surface area contributed by atoms with Crippen LogP contribution in [0.2, 0.25) is 0 Å². The minimum atomic E-state index is -0.949. The third kappa shape index (κ3) is 6.47. The number of aromatic nitrogens is 2. The van der Waals surface area contributed by atoms with Crippen LogP contribution in [0.1, 0.15) is 34.5 Å². The molecule has 4 aromatic rings. The van der Waals surface area contributed by atoms with Crippen LogP contribution in [0.5, 0.6) is 11.5 Å². The highest BCUT2D eigenvalue weighted by Gasteiger charge is 2.34. The summed E-state index contributed by atoms with van der Waals surface area (Å²) in [5.74, 6) is -0.0607. The molecule has 0 bridgehead atoms. The van der Waals surface area contributed by atoms with Gasteiger partial charge in [-0.15, -0.1) is 0 Å². The molecule has 0 aliphatic carbocycles. The highest BCUT2D eigenvalue weighted by atomic mass is 19.1. The SMILES string of the molecule is COc1ccc(N(C(=O)Nc2ccc(F)cc2)C(C)c2nc3cc(F)ccc3c(=O)n2N2CCN(C(=O)[C@@H]3CCCN3)CC2)c(OC)c1.[HH].[HH]. The standard InChI is InChI=1S/C34H37F2N7O5.2H2/c1-21(42(29-13-11-25(47-2)20-30(29)48-3)34(46)38-24-9-6-22(35)7-10-24)31-39-28-19-23(36)8-12-26(28)32(44)43(31)41-17-15-40(16-18-41)33(45)27-5-4-14-37-27;;/h6-13,19-21,27,37H,4-5,14-18H2,1-3H3,(H,38,46);2*1H/t21?,27-;;/m0../s1. The number of rotatable bonds is 8. The van der Waals surface area contributed by atoms with Gasteiger partial charge in [0.15, 0.2) is 5.82 Å². The number of anilines is 2. The number of amides is 3. The van der Waals surface area contributed by atoms with E-state index in [9.17, 15) is 23.2 Å². The molecule has 0 spiro atoms. The minimum absolute atomic E-state index is 0.